The van der Waals surface area contributed by atoms with E-state index in [4.69, 9.17) is 15.0 Å². The van der Waals surface area contributed by atoms with Gasteiger partial charge in [-0.05, 0) is 22.9 Å². The van der Waals surface area contributed by atoms with Crippen molar-refractivity contribution in [3.05, 3.63) is 42.2 Å². The zero-order valence-electron chi connectivity index (χ0n) is 10.3. The van der Waals surface area contributed by atoms with Crippen LogP contribution in [0.1, 0.15) is 10.6 Å². The Kier molecular flexibility index (Phi) is 2.61. The summed E-state index contributed by atoms with van der Waals surface area (Å²) in [6.07, 6.45) is 0. The van der Waals surface area contributed by atoms with E-state index in [9.17, 15) is 4.79 Å². The Morgan fingerprint density at radius 2 is 1.95 bits per heavy atom. The minimum absolute atomic E-state index is 0.0790. The Morgan fingerprint density at radius 3 is 2.58 bits per heavy atom. The minimum Gasteiger partial charge on any atom is -0.492 e. The summed E-state index contributed by atoms with van der Waals surface area (Å²) in [7, 11) is 1.49. The van der Waals surface area contributed by atoms with Gasteiger partial charge in [0.05, 0.1) is 12.5 Å². The highest BCUT2D eigenvalue weighted by atomic mass is 16.5. The van der Waals surface area contributed by atoms with Crippen molar-refractivity contribution in [3.63, 3.8) is 0 Å². The summed E-state index contributed by atoms with van der Waals surface area (Å²) >= 11 is 0. The Labute approximate surface area is 108 Å². The van der Waals surface area contributed by atoms with E-state index in [0.29, 0.717) is 11.3 Å². The van der Waals surface area contributed by atoms with Crippen molar-refractivity contribution in [3.8, 4) is 5.75 Å². The first kappa shape index (κ1) is 11.6. The van der Waals surface area contributed by atoms with Gasteiger partial charge in [-0.2, -0.15) is 0 Å². The summed E-state index contributed by atoms with van der Waals surface area (Å²) in [4.78, 5) is 11.6. The zero-order chi connectivity index (χ0) is 13.4. The lowest BCUT2D eigenvalue weighted by atomic mass is 10.1. The Morgan fingerprint density at radius 1 is 1.26 bits per heavy atom. The van der Waals surface area contributed by atoms with E-state index in [0.717, 1.165) is 16.2 Å². The molecule has 2 aromatic carbocycles. The van der Waals surface area contributed by atoms with Gasteiger partial charge < -0.3 is 9.15 Å². The molecule has 0 bridgehead atoms. The molecule has 0 radical (unpaired) electrons. The third-order valence-corrected chi connectivity index (χ3v) is 3.05. The molecule has 1 heterocycles. The number of rotatable bonds is 2. The van der Waals surface area contributed by atoms with Crippen LogP contribution in [0.3, 0.4) is 0 Å². The molecule has 1 amide bonds. The molecule has 0 aliphatic rings. The second kappa shape index (κ2) is 4.29. The van der Waals surface area contributed by atoms with E-state index >= 15 is 0 Å². The third-order valence-electron chi connectivity index (χ3n) is 3.05. The van der Waals surface area contributed by atoms with Crippen LogP contribution < -0.4 is 16.0 Å². The van der Waals surface area contributed by atoms with Gasteiger partial charge >= 0.3 is 5.91 Å². The standard InChI is InChI=1S/C14H12N2O3/c1-18-12-10-6-8-4-2-3-5-9(8)7-11(10)19-13(12)14(17)16-15/h2-7H,15H2,1H3,(H,16,17). The molecule has 1 aromatic heterocycles. The predicted octanol–water partition coefficient (Wildman–Crippen LogP) is 2.20. The minimum atomic E-state index is -0.517. The lowest BCUT2D eigenvalue weighted by Gasteiger charge is -2.00. The number of hydrazine groups is 1. The fourth-order valence-electron chi connectivity index (χ4n) is 2.18. The van der Waals surface area contributed by atoms with E-state index in [2.05, 4.69) is 0 Å². The molecular formula is C14H12N2O3. The van der Waals surface area contributed by atoms with E-state index in [1.807, 2.05) is 41.8 Å². The van der Waals surface area contributed by atoms with Crippen molar-refractivity contribution in [2.75, 3.05) is 7.11 Å². The maximum atomic E-state index is 11.6. The fourth-order valence-corrected chi connectivity index (χ4v) is 2.18. The molecule has 0 atom stereocenters. The van der Waals surface area contributed by atoms with E-state index < -0.39 is 5.91 Å². The Bertz CT molecular complexity index is 777. The van der Waals surface area contributed by atoms with Gasteiger partial charge in [-0.25, -0.2) is 5.84 Å². The van der Waals surface area contributed by atoms with Crippen LogP contribution in [0.4, 0.5) is 0 Å². The smallest absolute Gasteiger partial charge is 0.304 e. The molecule has 0 fully saturated rings. The largest absolute Gasteiger partial charge is 0.492 e. The lowest BCUT2D eigenvalue weighted by Crippen LogP contribution is -2.29. The van der Waals surface area contributed by atoms with Gasteiger partial charge in [0.1, 0.15) is 5.58 Å². The number of furan rings is 1. The average Bonchev–Trinajstić information content (AvgIpc) is 2.81. The number of nitrogen functional groups attached to an aromatic ring is 1. The van der Waals surface area contributed by atoms with Gasteiger partial charge in [0, 0.05) is 0 Å². The highest BCUT2D eigenvalue weighted by Crippen LogP contribution is 2.35. The normalized spacial score (nSPS) is 10.8. The SMILES string of the molecule is COc1c(C(=O)NN)oc2cc3ccccc3cc12. The second-order valence-corrected chi connectivity index (χ2v) is 4.13. The van der Waals surface area contributed by atoms with Gasteiger partial charge in [-0.15, -0.1) is 0 Å². The molecule has 0 aliphatic carbocycles. The molecule has 3 rings (SSSR count). The summed E-state index contributed by atoms with van der Waals surface area (Å²) in [5.41, 5.74) is 2.64. The summed E-state index contributed by atoms with van der Waals surface area (Å²) in [5.74, 6) is 5.09. The number of benzene rings is 2. The van der Waals surface area contributed by atoms with Gasteiger partial charge in [0.25, 0.3) is 0 Å². The molecule has 0 spiro atoms. The molecule has 19 heavy (non-hydrogen) atoms. The molecule has 5 heteroatoms. The number of nitrogens with two attached hydrogens (primary N) is 1. The number of nitrogens with one attached hydrogen (secondary N) is 1. The molecule has 0 saturated carbocycles. The van der Waals surface area contributed by atoms with Crippen LogP contribution in [0, 0.1) is 0 Å². The first-order chi connectivity index (χ1) is 9.24. The van der Waals surface area contributed by atoms with Crippen molar-refractivity contribution in [2.24, 2.45) is 5.84 Å². The maximum absolute atomic E-state index is 11.6. The number of hydrogen-bond donors (Lipinski definition) is 2. The van der Waals surface area contributed by atoms with Crippen LogP contribution in [0.15, 0.2) is 40.8 Å². The monoisotopic (exact) mass is 256 g/mol. The van der Waals surface area contributed by atoms with Crippen LogP contribution in [0.5, 0.6) is 5.75 Å². The molecule has 96 valence electrons. The van der Waals surface area contributed by atoms with E-state index in [1.54, 1.807) is 0 Å². The number of ether oxygens (including phenoxy) is 1. The zero-order valence-corrected chi connectivity index (χ0v) is 10.3. The summed E-state index contributed by atoms with van der Waals surface area (Å²) in [6.45, 7) is 0. The first-order valence-electron chi connectivity index (χ1n) is 5.75. The number of hydrogen-bond acceptors (Lipinski definition) is 4. The quantitative estimate of drug-likeness (QED) is 0.418. The Balaban J connectivity index is 2.36. The van der Waals surface area contributed by atoms with Gasteiger partial charge in [-0.3, -0.25) is 10.2 Å². The van der Waals surface area contributed by atoms with E-state index in [1.165, 1.54) is 7.11 Å². The number of amides is 1. The van der Waals surface area contributed by atoms with Crippen molar-refractivity contribution in [1.29, 1.82) is 0 Å². The van der Waals surface area contributed by atoms with Crippen LogP contribution in [-0.4, -0.2) is 13.0 Å². The fraction of sp³-hybridized carbons (Fsp3) is 0.0714. The van der Waals surface area contributed by atoms with Crippen molar-refractivity contribution >= 4 is 27.6 Å². The molecule has 5 nitrogen and oxygen atoms in total. The maximum Gasteiger partial charge on any atom is 0.304 e. The molecule has 0 unspecified atom stereocenters. The highest BCUT2D eigenvalue weighted by molar-refractivity contribution is 6.05. The highest BCUT2D eigenvalue weighted by Gasteiger charge is 2.21. The van der Waals surface area contributed by atoms with Gasteiger partial charge in [0.2, 0.25) is 5.76 Å². The molecule has 0 saturated heterocycles. The molecule has 0 aliphatic heterocycles. The molecule has 3 aromatic rings. The summed E-state index contributed by atoms with van der Waals surface area (Å²) in [5, 5.41) is 2.83. The van der Waals surface area contributed by atoms with E-state index in [-0.39, 0.29) is 5.76 Å². The predicted molar refractivity (Wildman–Crippen MR) is 71.9 cm³/mol. The first-order valence-corrected chi connectivity index (χ1v) is 5.75. The summed E-state index contributed by atoms with van der Waals surface area (Å²) in [6, 6.07) is 11.7. The van der Waals surface area contributed by atoms with Crippen LogP contribution in [0.2, 0.25) is 0 Å². The third kappa shape index (κ3) is 1.71. The second-order valence-electron chi connectivity index (χ2n) is 4.13. The van der Waals surface area contributed by atoms with Crippen LogP contribution >= 0.6 is 0 Å². The van der Waals surface area contributed by atoms with Crippen LogP contribution in [-0.2, 0) is 0 Å². The van der Waals surface area contributed by atoms with Gasteiger partial charge in [0.15, 0.2) is 5.75 Å². The molecule has 3 N–H and O–H groups in total. The molecular weight excluding hydrogens is 244 g/mol. The van der Waals surface area contributed by atoms with Crippen molar-refractivity contribution < 1.29 is 13.9 Å². The number of carbonyl (C=O) groups is 1. The summed E-state index contributed by atoms with van der Waals surface area (Å²) < 4.78 is 10.8. The van der Waals surface area contributed by atoms with Crippen molar-refractivity contribution in [2.45, 2.75) is 0 Å². The lowest BCUT2D eigenvalue weighted by molar-refractivity contribution is 0.0924. The number of carbonyl (C=O) groups excluding carboxylic acids is 1. The van der Waals surface area contributed by atoms with Crippen molar-refractivity contribution in [1.82, 2.24) is 5.43 Å². The topological polar surface area (TPSA) is 77.5 Å². The average molecular weight is 256 g/mol. The van der Waals surface area contributed by atoms with Gasteiger partial charge in [-0.1, -0.05) is 24.3 Å². The number of fused-ring (bicyclic) bond motifs is 2. The Hall–Kier alpha value is -2.53. The van der Waals surface area contributed by atoms with Crippen LogP contribution in [0.25, 0.3) is 21.7 Å². The number of methoxy groups -OCH3 is 1.